The Kier molecular flexibility index (Phi) is 6.04. The summed E-state index contributed by atoms with van der Waals surface area (Å²) in [5.74, 6) is 1.98. The van der Waals surface area contributed by atoms with Crippen molar-refractivity contribution in [3.63, 3.8) is 0 Å². The van der Waals surface area contributed by atoms with Gasteiger partial charge in [0.15, 0.2) is 18.1 Å². The number of hydrogen-bond donors (Lipinski definition) is 0. The second-order valence-corrected chi connectivity index (χ2v) is 7.10. The molecule has 1 amide bonds. The van der Waals surface area contributed by atoms with Gasteiger partial charge in [-0.05, 0) is 60.0 Å². The van der Waals surface area contributed by atoms with Gasteiger partial charge in [-0.15, -0.1) is 0 Å². The lowest BCUT2D eigenvalue weighted by Gasteiger charge is -2.21. The first kappa shape index (κ1) is 20.3. The molecule has 31 heavy (non-hydrogen) atoms. The molecule has 0 aliphatic carbocycles. The van der Waals surface area contributed by atoms with Gasteiger partial charge in [-0.1, -0.05) is 30.3 Å². The monoisotopic (exact) mass is 414 g/mol. The van der Waals surface area contributed by atoms with Crippen LogP contribution in [0, 0.1) is 11.3 Å². The molecular formula is C25H22N2O4. The van der Waals surface area contributed by atoms with E-state index in [2.05, 4.69) is 6.07 Å². The normalized spacial score (nSPS) is 11.6. The van der Waals surface area contributed by atoms with Gasteiger partial charge in [0.25, 0.3) is 5.91 Å². The molecular weight excluding hydrogens is 392 g/mol. The Labute approximate surface area is 181 Å². The first-order valence-electron chi connectivity index (χ1n) is 10.1. The standard InChI is InChI=1S/C25H22N2O4/c1-2-27(15-19-5-12-23-24(13-19)31-17-30-23)25(28)16-29-22-10-8-21(9-11-22)20-6-3-18(14-26)4-7-20/h3-13H,2,15-17H2,1H3. The molecule has 1 aliphatic rings. The third kappa shape index (κ3) is 4.78. The smallest absolute Gasteiger partial charge is 0.260 e. The topological polar surface area (TPSA) is 71.8 Å². The molecule has 0 spiro atoms. The maximum atomic E-state index is 12.7. The van der Waals surface area contributed by atoms with Crippen LogP contribution in [-0.4, -0.2) is 30.8 Å². The molecule has 6 heteroatoms. The van der Waals surface area contributed by atoms with Crippen LogP contribution in [0.4, 0.5) is 0 Å². The summed E-state index contributed by atoms with van der Waals surface area (Å²) >= 11 is 0. The lowest BCUT2D eigenvalue weighted by molar-refractivity contribution is -0.133. The molecule has 4 rings (SSSR count). The molecule has 6 nitrogen and oxygen atoms in total. The van der Waals surface area contributed by atoms with Crippen molar-refractivity contribution >= 4 is 5.91 Å². The van der Waals surface area contributed by atoms with Crippen LogP contribution in [0.2, 0.25) is 0 Å². The van der Waals surface area contributed by atoms with E-state index in [4.69, 9.17) is 19.5 Å². The molecule has 0 unspecified atom stereocenters. The van der Waals surface area contributed by atoms with Crippen molar-refractivity contribution < 1.29 is 19.0 Å². The number of carbonyl (C=O) groups excluding carboxylic acids is 1. The molecule has 0 atom stereocenters. The minimum atomic E-state index is -0.0867. The highest BCUT2D eigenvalue weighted by Gasteiger charge is 2.17. The molecule has 1 heterocycles. The number of hydrogen-bond acceptors (Lipinski definition) is 5. The van der Waals surface area contributed by atoms with Crippen LogP contribution in [0.15, 0.2) is 66.7 Å². The van der Waals surface area contributed by atoms with Crippen molar-refractivity contribution in [2.45, 2.75) is 13.5 Å². The Hall–Kier alpha value is -3.98. The third-order valence-electron chi connectivity index (χ3n) is 5.11. The summed E-state index contributed by atoms with van der Waals surface area (Å²) in [6, 6.07) is 22.8. The summed E-state index contributed by atoms with van der Waals surface area (Å²) < 4.78 is 16.5. The average molecular weight is 414 g/mol. The molecule has 0 saturated heterocycles. The van der Waals surface area contributed by atoms with E-state index in [1.807, 2.05) is 61.5 Å². The number of fused-ring (bicyclic) bond motifs is 1. The highest BCUT2D eigenvalue weighted by atomic mass is 16.7. The second kappa shape index (κ2) is 9.23. The van der Waals surface area contributed by atoms with Crippen molar-refractivity contribution in [3.05, 3.63) is 77.9 Å². The number of rotatable bonds is 7. The van der Waals surface area contributed by atoms with Gasteiger partial charge in [-0.3, -0.25) is 4.79 Å². The Bertz CT molecular complexity index is 1100. The van der Waals surface area contributed by atoms with Crippen molar-refractivity contribution in [2.24, 2.45) is 0 Å². The van der Waals surface area contributed by atoms with Crippen LogP contribution in [0.3, 0.4) is 0 Å². The fourth-order valence-electron chi connectivity index (χ4n) is 3.35. The molecule has 3 aromatic rings. The predicted molar refractivity (Wildman–Crippen MR) is 116 cm³/mol. The summed E-state index contributed by atoms with van der Waals surface area (Å²) in [4.78, 5) is 14.4. The zero-order chi connectivity index (χ0) is 21.6. The molecule has 156 valence electrons. The maximum Gasteiger partial charge on any atom is 0.260 e. The number of carbonyl (C=O) groups is 1. The molecule has 3 aromatic carbocycles. The number of amides is 1. The van der Waals surface area contributed by atoms with Gasteiger partial charge >= 0.3 is 0 Å². The van der Waals surface area contributed by atoms with E-state index in [9.17, 15) is 4.79 Å². The number of benzene rings is 3. The Morgan fingerprint density at radius 2 is 1.68 bits per heavy atom. The predicted octanol–water partition coefficient (Wildman–Crippen LogP) is 4.38. The highest BCUT2D eigenvalue weighted by molar-refractivity contribution is 5.77. The zero-order valence-electron chi connectivity index (χ0n) is 17.2. The van der Waals surface area contributed by atoms with E-state index in [1.54, 1.807) is 17.0 Å². The fraction of sp³-hybridized carbons (Fsp3) is 0.200. The number of likely N-dealkylation sites (N-methyl/N-ethyl adjacent to an activating group) is 1. The molecule has 0 fully saturated rings. The minimum Gasteiger partial charge on any atom is -0.484 e. The lowest BCUT2D eigenvalue weighted by Crippen LogP contribution is -2.34. The van der Waals surface area contributed by atoms with E-state index >= 15 is 0 Å². The van der Waals surface area contributed by atoms with Crippen LogP contribution in [-0.2, 0) is 11.3 Å². The quantitative estimate of drug-likeness (QED) is 0.574. The van der Waals surface area contributed by atoms with Gasteiger partial charge in [0.2, 0.25) is 6.79 Å². The number of nitrogens with zero attached hydrogens (tertiary/aromatic N) is 2. The van der Waals surface area contributed by atoms with Crippen molar-refractivity contribution in [1.29, 1.82) is 5.26 Å². The van der Waals surface area contributed by atoms with Gasteiger partial charge in [-0.2, -0.15) is 5.26 Å². The summed E-state index contributed by atoms with van der Waals surface area (Å²) in [6.07, 6.45) is 0. The van der Waals surface area contributed by atoms with Crippen LogP contribution >= 0.6 is 0 Å². The zero-order valence-corrected chi connectivity index (χ0v) is 17.2. The van der Waals surface area contributed by atoms with Crippen LogP contribution in [0.25, 0.3) is 11.1 Å². The number of nitriles is 1. The molecule has 0 saturated carbocycles. The van der Waals surface area contributed by atoms with E-state index < -0.39 is 0 Å². The molecule has 0 bridgehead atoms. The first-order valence-corrected chi connectivity index (χ1v) is 10.1. The Morgan fingerprint density at radius 1 is 1.00 bits per heavy atom. The van der Waals surface area contributed by atoms with Gasteiger partial charge in [-0.25, -0.2) is 0 Å². The van der Waals surface area contributed by atoms with E-state index in [-0.39, 0.29) is 19.3 Å². The Balaban J connectivity index is 1.34. The molecule has 0 aromatic heterocycles. The van der Waals surface area contributed by atoms with Gasteiger partial charge < -0.3 is 19.1 Å². The third-order valence-corrected chi connectivity index (χ3v) is 5.11. The summed E-state index contributed by atoms with van der Waals surface area (Å²) in [7, 11) is 0. The highest BCUT2D eigenvalue weighted by Crippen LogP contribution is 2.32. The van der Waals surface area contributed by atoms with Crippen molar-refractivity contribution in [1.82, 2.24) is 4.90 Å². The SMILES string of the molecule is CCN(Cc1ccc2c(c1)OCO2)C(=O)COc1ccc(-c2ccc(C#N)cc2)cc1. The van der Waals surface area contributed by atoms with E-state index in [1.165, 1.54) is 0 Å². The van der Waals surface area contributed by atoms with Crippen LogP contribution in [0.5, 0.6) is 17.2 Å². The largest absolute Gasteiger partial charge is 0.484 e. The van der Waals surface area contributed by atoms with Gasteiger partial charge in [0.05, 0.1) is 11.6 Å². The minimum absolute atomic E-state index is 0.0331. The maximum absolute atomic E-state index is 12.7. The summed E-state index contributed by atoms with van der Waals surface area (Å²) in [6.45, 7) is 3.19. The first-order chi connectivity index (χ1) is 15.2. The number of ether oxygens (including phenoxy) is 3. The van der Waals surface area contributed by atoms with Gasteiger partial charge in [0, 0.05) is 13.1 Å². The van der Waals surface area contributed by atoms with Crippen LogP contribution in [0.1, 0.15) is 18.1 Å². The van der Waals surface area contributed by atoms with E-state index in [0.717, 1.165) is 22.4 Å². The molecule has 0 radical (unpaired) electrons. The fourth-order valence-corrected chi connectivity index (χ4v) is 3.35. The molecule has 1 aliphatic heterocycles. The van der Waals surface area contributed by atoms with E-state index in [0.29, 0.717) is 30.2 Å². The molecule has 0 N–H and O–H groups in total. The Morgan fingerprint density at radius 3 is 2.35 bits per heavy atom. The van der Waals surface area contributed by atoms with Gasteiger partial charge in [0.1, 0.15) is 5.75 Å². The lowest BCUT2D eigenvalue weighted by atomic mass is 10.0. The summed E-state index contributed by atoms with van der Waals surface area (Å²) in [5.41, 5.74) is 3.64. The summed E-state index contributed by atoms with van der Waals surface area (Å²) in [5, 5.41) is 8.91. The van der Waals surface area contributed by atoms with Crippen LogP contribution < -0.4 is 14.2 Å². The van der Waals surface area contributed by atoms with Crippen molar-refractivity contribution in [3.8, 4) is 34.4 Å². The van der Waals surface area contributed by atoms with Crippen molar-refractivity contribution in [2.75, 3.05) is 19.9 Å². The average Bonchev–Trinajstić information content (AvgIpc) is 3.29. The second-order valence-electron chi connectivity index (χ2n) is 7.10.